The normalized spacial score (nSPS) is 14.1. The molecule has 0 radical (unpaired) electrons. The predicted molar refractivity (Wildman–Crippen MR) is 120 cm³/mol. The molecule has 1 aromatic carbocycles. The monoisotopic (exact) mass is 428 g/mol. The smallest absolute Gasteiger partial charge is 0.257 e. The van der Waals surface area contributed by atoms with E-state index in [1.54, 1.807) is 10.9 Å². The third-order valence-electron chi connectivity index (χ3n) is 5.73. The maximum Gasteiger partial charge on any atom is 0.257 e. The Morgan fingerprint density at radius 3 is 2.25 bits per heavy atom. The van der Waals surface area contributed by atoms with E-state index in [0.717, 1.165) is 22.9 Å². The quantitative estimate of drug-likeness (QED) is 0.496. The largest absolute Gasteiger partial charge is 0.352 e. The number of carbonyl (C=O) groups excluding carboxylic acids is 1. The van der Waals surface area contributed by atoms with Crippen molar-refractivity contribution in [1.82, 2.24) is 34.7 Å². The standard InChI is InChI=1S/C23H24N8O/c1-17-10-11-30(27-17)22-9-8-21(25-26-22)28-12-14-29(15-13-28)23(32)20-16-24-31(18(20)2)19-6-4-3-5-7-19/h3-11,16H,12-15H2,1-2H3. The van der Waals surface area contributed by atoms with E-state index in [4.69, 9.17) is 0 Å². The molecule has 9 nitrogen and oxygen atoms in total. The van der Waals surface area contributed by atoms with Gasteiger partial charge in [-0.25, -0.2) is 9.36 Å². The Labute approximate surface area is 185 Å². The van der Waals surface area contributed by atoms with Crippen molar-refractivity contribution < 1.29 is 4.79 Å². The minimum Gasteiger partial charge on any atom is -0.352 e. The van der Waals surface area contributed by atoms with E-state index in [1.165, 1.54) is 0 Å². The lowest BCUT2D eigenvalue weighted by Crippen LogP contribution is -2.49. The van der Waals surface area contributed by atoms with E-state index >= 15 is 0 Å². The summed E-state index contributed by atoms with van der Waals surface area (Å²) in [5.41, 5.74) is 3.36. The molecule has 0 aliphatic carbocycles. The summed E-state index contributed by atoms with van der Waals surface area (Å²) in [6.07, 6.45) is 3.53. The summed E-state index contributed by atoms with van der Waals surface area (Å²) in [6.45, 7) is 6.52. The van der Waals surface area contributed by atoms with Crippen LogP contribution in [-0.4, -0.2) is 66.7 Å². The number of aryl methyl sites for hydroxylation is 1. The van der Waals surface area contributed by atoms with E-state index in [1.807, 2.05) is 78.2 Å². The molecule has 5 rings (SSSR count). The first-order valence-corrected chi connectivity index (χ1v) is 10.6. The van der Waals surface area contributed by atoms with Crippen molar-refractivity contribution in [3.8, 4) is 11.5 Å². The average Bonchev–Trinajstić information content (AvgIpc) is 3.45. The third-order valence-corrected chi connectivity index (χ3v) is 5.73. The maximum atomic E-state index is 13.1. The van der Waals surface area contributed by atoms with Gasteiger partial charge in [0.1, 0.15) is 0 Å². The molecule has 0 bridgehead atoms. The van der Waals surface area contributed by atoms with Gasteiger partial charge in [0.05, 0.1) is 28.8 Å². The zero-order chi connectivity index (χ0) is 22.1. The summed E-state index contributed by atoms with van der Waals surface area (Å²) in [5.74, 6) is 1.50. The van der Waals surface area contributed by atoms with E-state index in [0.29, 0.717) is 37.6 Å². The second-order valence-corrected chi connectivity index (χ2v) is 7.82. The number of nitrogens with zero attached hydrogens (tertiary/aromatic N) is 8. The van der Waals surface area contributed by atoms with Crippen molar-refractivity contribution in [3.63, 3.8) is 0 Å². The Morgan fingerprint density at radius 1 is 0.875 bits per heavy atom. The van der Waals surface area contributed by atoms with Gasteiger partial charge in [0.25, 0.3) is 5.91 Å². The van der Waals surface area contributed by atoms with E-state index in [-0.39, 0.29) is 5.91 Å². The Balaban J connectivity index is 1.24. The molecular weight excluding hydrogens is 404 g/mol. The molecule has 0 unspecified atom stereocenters. The zero-order valence-electron chi connectivity index (χ0n) is 18.1. The summed E-state index contributed by atoms with van der Waals surface area (Å²) in [4.78, 5) is 17.2. The average molecular weight is 429 g/mol. The first-order chi connectivity index (χ1) is 15.6. The van der Waals surface area contributed by atoms with Crippen LogP contribution in [0.3, 0.4) is 0 Å². The molecule has 4 aromatic rings. The van der Waals surface area contributed by atoms with Gasteiger partial charge in [-0.05, 0) is 44.2 Å². The van der Waals surface area contributed by atoms with Gasteiger partial charge in [-0.2, -0.15) is 10.2 Å². The fourth-order valence-electron chi connectivity index (χ4n) is 3.91. The van der Waals surface area contributed by atoms with Crippen molar-refractivity contribution in [1.29, 1.82) is 0 Å². The highest BCUT2D eigenvalue weighted by atomic mass is 16.2. The second kappa shape index (κ2) is 8.26. The number of carbonyl (C=O) groups is 1. The van der Waals surface area contributed by atoms with Gasteiger partial charge < -0.3 is 9.80 Å². The number of benzene rings is 1. The summed E-state index contributed by atoms with van der Waals surface area (Å²) in [6, 6.07) is 15.6. The maximum absolute atomic E-state index is 13.1. The van der Waals surface area contributed by atoms with Crippen molar-refractivity contribution in [3.05, 3.63) is 77.9 Å². The van der Waals surface area contributed by atoms with Crippen LogP contribution in [0.5, 0.6) is 0 Å². The first-order valence-electron chi connectivity index (χ1n) is 10.6. The minimum atomic E-state index is 0.0137. The first kappa shape index (κ1) is 19.9. The van der Waals surface area contributed by atoms with Crippen LogP contribution in [0.15, 0.2) is 60.9 Å². The van der Waals surface area contributed by atoms with Crippen molar-refractivity contribution in [2.45, 2.75) is 13.8 Å². The molecule has 1 fully saturated rings. The highest BCUT2D eigenvalue weighted by Crippen LogP contribution is 2.19. The summed E-state index contributed by atoms with van der Waals surface area (Å²) in [7, 11) is 0. The van der Waals surface area contributed by atoms with Gasteiger partial charge in [0.2, 0.25) is 0 Å². The van der Waals surface area contributed by atoms with Crippen LogP contribution in [0.4, 0.5) is 5.82 Å². The SMILES string of the molecule is Cc1ccn(-c2ccc(N3CCN(C(=O)c4cnn(-c5ccccc5)c4C)CC3)nn2)n1. The molecule has 1 amide bonds. The lowest BCUT2D eigenvalue weighted by Gasteiger charge is -2.35. The van der Waals surface area contributed by atoms with Crippen LogP contribution >= 0.6 is 0 Å². The predicted octanol–water partition coefficient (Wildman–Crippen LogP) is 2.43. The molecule has 1 aliphatic rings. The van der Waals surface area contributed by atoms with Crippen molar-refractivity contribution in [2.24, 2.45) is 0 Å². The number of aromatic nitrogens is 6. The zero-order valence-corrected chi connectivity index (χ0v) is 18.1. The fraction of sp³-hybridized carbons (Fsp3) is 0.261. The number of anilines is 1. The minimum absolute atomic E-state index is 0.0137. The summed E-state index contributed by atoms with van der Waals surface area (Å²) >= 11 is 0. The highest BCUT2D eigenvalue weighted by Gasteiger charge is 2.26. The van der Waals surface area contributed by atoms with E-state index in [2.05, 4.69) is 25.3 Å². The third kappa shape index (κ3) is 3.73. The van der Waals surface area contributed by atoms with Crippen LogP contribution in [0, 0.1) is 13.8 Å². The molecule has 32 heavy (non-hydrogen) atoms. The Morgan fingerprint density at radius 2 is 1.59 bits per heavy atom. The Bertz CT molecular complexity index is 1220. The van der Waals surface area contributed by atoms with E-state index < -0.39 is 0 Å². The Hall–Kier alpha value is -4.01. The number of amides is 1. The van der Waals surface area contributed by atoms with Gasteiger partial charge in [-0.15, -0.1) is 10.2 Å². The molecule has 162 valence electrons. The number of hydrogen-bond acceptors (Lipinski definition) is 6. The van der Waals surface area contributed by atoms with Gasteiger partial charge in [0, 0.05) is 32.4 Å². The molecule has 0 spiro atoms. The molecule has 3 aromatic heterocycles. The van der Waals surface area contributed by atoms with Crippen LogP contribution in [-0.2, 0) is 0 Å². The second-order valence-electron chi connectivity index (χ2n) is 7.82. The molecule has 1 saturated heterocycles. The number of para-hydroxylation sites is 1. The Kier molecular flexibility index (Phi) is 5.14. The highest BCUT2D eigenvalue weighted by molar-refractivity contribution is 5.95. The van der Waals surface area contributed by atoms with Gasteiger partial charge in [-0.3, -0.25) is 4.79 Å². The van der Waals surface area contributed by atoms with Crippen LogP contribution in [0.1, 0.15) is 21.7 Å². The summed E-state index contributed by atoms with van der Waals surface area (Å²) in [5, 5.41) is 17.5. The lowest BCUT2D eigenvalue weighted by molar-refractivity contribution is 0.0745. The molecule has 0 saturated carbocycles. The molecular formula is C23H24N8O. The van der Waals surface area contributed by atoms with Crippen molar-refractivity contribution in [2.75, 3.05) is 31.1 Å². The topological polar surface area (TPSA) is 85.0 Å². The van der Waals surface area contributed by atoms with Gasteiger partial charge >= 0.3 is 0 Å². The van der Waals surface area contributed by atoms with Gasteiger partial charge in [-0.1, -0.05) is 18.2 Å². The summed E-state index contributed by atoms with van der Waals surface area (Å²) < 4.78 is 3.52. The fourth-order valence-corrected chi connectivity index (χ4v) is 3.91. The molecule has 0 atom stereocenters. The number of rotatable bonds is 4. The molecule has 4 heterocycles. The molecule has 9 heteroatoms. The van der Waals surface area contributed by atoms with Gasteiger partial charge in [0.15, 0.2) is 11.6 Å². The lowest BCUT2D eigenvalue weighted by atomic mass is 10.2. The van der Waals surface area contributed by atoms with Crippen LogP contribution < -0.4 is 4.90 Å². The van der Waals surface area contributed by atoms with E-state index in [9.17, 15) is 4.79 Å². The number of hydrogen-bond donors (Lipinski definition) is 0. The van der Waals surface area contributed by atoms with Crippen LogP contribution in [0.25, 0.3) is 11.5 Å². The number of piperazine rings is 1. The van der Waals surface area contributed by atoms with Crippen LogP contribution in [0.2, 0.25) is 0 Å². The molecule has 0 N–H and O–H groups in total. The van der Waals surface area contributed by atoms with Crippen molar-refractivity contribution >= 4 is 11.7 Å². The molecule has 1 aliphatic heterocycles.